The maximum atomic E-state index is 11.5. The van der Waals surface area contributed by atoms with Gasteiger partial charge in [-0.2, -0.15) is 0 Å². The lowest BCUT2D eigenvalue weighted by Crippen LogP contribution is -2.26. The molecule has 0 saturated carbocycles. The van der Waals surface area contributed by atoms with Crippen LogP contribution in [0.4, 0.5) is 5.82 Å². The smallest absolute Gasteiger partial charge is 0.221 e. The summed E-state index contributed by atoms with van der Waals surface area (Å²) >= 11 is 1.69. The molecule has 2 aromatic rings. The van der Waals surface area contributed by atoms with E-state index in [1.54, 1.807) is 17.7 Å². The molecule has 2 aromatic heterocycles. The monoisotopic (exact) mass is 292 g/mol. The number of anilines is 1. The maximum Gasteiger partial charge on any atom is 0.221 e. The summed E-state index contributed by atoms with van der Waals surface area (Å²) in [5.74, 6) is 0.887. The van der Waals surface area contributed by atoms with Crippen molar-refractivity contribution in [2.75, 3.05) is 18.4 Å². The van der Waals surface area contributed by atoms with Gasteiger partial charge in [-0.25, -0.2) is 9.97 Å². The number of hydrogen-bond acceptors (Lipinski definition) is 5. The average Bonchev–Trinajstić information content (AvgIpc) is 2.89. The summed E-state index contributed by atoms with van der Waals surface area (Å²) in [6, 6.07) is 2.12. The maximum absolute atomic E-state index is 11.5. The van der Waals surface area contributed by atoms with Crippen molar-refractivity contribution in [3.05, 3.63) is 17.3 Å². The van der Waals surface area contributed by atoms with Gasteiger partial charge in [-0.15, -0.1) is 11.3 Å². The minimum absolute atomic E-state index is 0.0733. The standard InChI is InChI=1S/C14H20N4OS/c1-3-6-15-12(19)5-7-16-13-11-8-10(4-2)20-14(11)18-9-17-13/h8-9H,3-7H2,1-2H3,(H,15,19)(H,16,17,18). The van der Waals surface area contributed by atoms with Gasteiger partial charge in [0, 0.05) is 24.4 Å². The van der Waals surface area contributed by atoms with Gasteiger partial charge in [0.15, 0.2) is 0 Å². The van der Waals surface area contributed by atoms with Gasteiger partial charge in [-0.1, -0.05) is 13.8 Å². The summed E-state index contributed by atoms with van der Waals surface area (Å²) in [5.41, 5.74) is 0. The molecule has 0 unspecified atom stereocenters. The molecule has 0 radical (unpaired) electrons. The third-order valence-corrected chi connectivity index (χ3v) is 4.13. The second-order valence-electron chi connectivity index (χ2n) is 4.53. The zero-order valence-electron chi connectivity index (χ0n) is 11.9. The van der Waals surface area contributed by atoms with Crippen LogP contribution >= 0.6 is 11.3 Å². The normalized spacial score (nSPS) is 10.7. The molecular formula is C14H20N4OS. The van der Waals surface area contributed by atoms with E-state index in [2.05, 4.69) is 33.6 Å². The minimum atomic E-state index is 0.0733. The van der Waals surface area contributed by atoms with Crippen LogP contribution in [0.2, 0.25) is 0 Å². The van der Waals surface area contributed by atoms with Crippen LogP contribution in [0.3, 0.4) is 0 Å². The second kappa shape index (κ2) is 7.19. The molecule has 0 bridgehead atoms. The van der Waals surface area contributed by atoms with E-state index >= 15 is 0 Å². The number of thiophene rings is 1. The van der Waals surface area contributed by atoms with Crippen LogP contribution < -0.4 is 10.6 Å². The molecule has 0 aromatic carbocycles. The minimum Gasteiger partial charge on any atom is -0.369 e. The first-order chi connectivity index (χ1) is 9.74. The van der Waals surface area contributed by atoms with Crippen LogP contribution in [0.1, 0.15) is 31.6 Å². The summed E-state index contributed by atoms with van der Waals surface area (Å²) < 4.78 is 0. The van der Waals surface area contributed by atoms with Gasteiger partial charge >= 0.3 is 0 Å². The van der Waals surface area contributed by atoms with Gasteiger partial charge < -0.3 is 10.6 Å². The summed E-state index contributed by atoms with van der Waals surface area (Å²) in [7, 11) is 0. The number of carbonyl (C=O) groups is 1. The van der Waals surface area contributed by atoms with Crippen molar-refractivity contribution in [3.63, 3.8) is 0 Å². The Balaban J connectivity index is 1.96. The molecule has 2 N–H and O–H groups in total. The Morgan fingerprint density at radius 3 is 2.90 bits per heavy atom. The van der Waals surface area contributed by atoms with E-state index in [0.29, 0.717) is 13.0 Å². The number of aromatic nitrogens is 2. The summed E-state index contributed by atoms with van der Waals surface area (Å²) in [6.45, 7) is 5.49. The van der Waals surface area contributed by atoms with Crippen LogP contribution in [0, 0.1) is 0 Å². The lowest BCUT2D eigenvalue weighted by atomic mass is 10.3. The van der Waals surface area contributed by atoms with Crippen molar-refractivity contribution in [2.45, 2.75) is 33.1 Å². The summed E-state index contributed by atoms with van der Waals surface area (Å²) in [4.78, 5) is 22.4. The van der Waals surface area contributed by atoms with E-state index < -0.39 is 0 Å². The molecule has 20 heavy (non-hydrogen) atoms. The summed E-state index contributed by atoms with van der Waals surface area (Å²) in [6.07, 6.45) is 3.98. The molecule has 0 aliphatic rings. The molecule has 0 saturated heterocycles. The van der Waals surface area contributed by atoms with Crippen molar-refractivity contribution in [2.24, 2.45) is 0 Å². The van der Waals surface area contributed by atoms with E-state index in [9.17, 15) is 4.79 Å². The lowest BCUT2D eigenvalue weighted by Gasteiger charge is -2.06. The highest BCUT2D eigenvalue weighted by Gasteiger charge is 2.08. The fourth-order valence-electron chi connectivity index (χ4n) is 1.87. The highest BCUT2D eigenvalue weighted by atomic mass is 32.1. The van der Waals surface area contributed by atoms with Gasteiger partial charge in [0.05, 0.1) is 5.39 Å². The molecule has 0 spiro atoms. The van der Waals surface area contributed by atoms with Crippen molar-refractivity contribution in [3.8, 4) is 0 Å². The third-order valence-electron chi connectivity index (χ3n) is 2.95. The van der Waals surface area contributed by atoms with Gasteiger partial charge in [0.25, 0.3) is 0 Å². The SMILES string of the molecule is CCCNC(=O)CCNc1ncnc2sc(CC)cc12. The zero-order chi connectivity index (χ0) is 14.4. The number of amides is 1. The van der Waals surface area contributed by atoms with Crippen LogP contribution in [-0.4, -0.2) is 29.0 Å². The first kappa shape index (κ1) is 14.7. The first-order valence-electron chi connectivity index (χ1n) is 6.98. The van der Waals surface area contributed by atoms with Crippen molar-refractivity contribution < 1.29 is 4.79 Å². The van der Waals surface area contributed by atoms with Crippen LogP contribution in [0.5, 0.6) is 0 Å². The van der Waals surface area contributed by atoms with E-state index in [4.69, 9.17) is 0 Å². The number of carbonyl (C=O) groups excluding carboxylic acids is 1. The molecule has 2 rings (SSSR count). The molecule has 0 atom stereocenters. The molecule has 0 fully saturated rings. The average molecular weight is 292 g/mol. The Hall–Kier alpha value is -1.69. The fourth-order valence-corrected chi connectivity index (χ4v) is 2.80. The van der Waals surface area contributed by atoms with E-state index in [0.717, 1.165) is 35.4 Å². The number of aryl methyl sites for hydroxylation is 1. The third kappa shape index (κ3) is 3.66. The lowest BCUT2D eigenvalue weighted by molar-refractivity contribution is -0.120. The molecular weight excluding hydrogens is 272 g/mol. The zero-order valence-corrected chi connectivity index (χ0v) is 12.7. The molecule has 108 valence electrons. The van der Waals surface area contributed by atoms with Crippen molar-refractivity contribution in [1.29, 1.82) is 0 Å². The van der Waals surface area contributed by atoms with Gasteiger partial charge in [0.2, 0.25) is 5.91 Å². The first-order valence-corrected chi connectivity index (χ1v) is 7.80. The van der Waals surface area contributed by atoms with Crippen molar-refractivity contribution in [1.82, 2.24) is 15.3 Å². The quantitative estimate of drug-likeness (QED) is 0.823. The molecule has 0 aliphatic heterocycles. The predicted octanol–water partition coefficient (Wildman–Crippen LogP) is 2.58. The number of hydrogen-bond donors (Lipinski definition) is 2. The Labute approximate surface area is 122 Å². The molecule has 1 amide bonds. The molecule has 2 heterocycles. The van der Waals surface area contributed by atoms with Gasteiger partial charge in [-0.3, -0.25) is 4.79 Å². The predicted molar refractivity (Wildman–Crippen MR) is 83.2 cm³/mol. The number of nitrogens with zero attached hydrogens (tertiary/aromatic N) is 2. The van der Waals surface area contributed by atoms with Gasteiger partial charge in [-0.05, 0) is 18.9 Å². The van der Waals surface area contributed by atoms with Crippen molar-refractivity contribution >= 4 is 33.3 Å². The van der Waals surface area contributed by atoms with Crippen LogP contribution in [0.25, 0.3) is 10.2 Å². The highest BCUT2D eigenvalue weighted by Crippen LogP contribution is 2.28. The van der Waals surface area contributed by atoms with E-state index in [1.807, 2.05) is 6.92 Å². The largest absolute Gasteiger partial charge is 0.369 e. The van der Waals surface area contributed by atoms with E-state index in [1.165, 1.54) is 4.88 Å². The van der Waals surface area contributed by atoms with Gasteiger partial charge in [0.1, 0.15) is 17.0 Å². The van der Waals surface area contributed by atoms with Crippen LogP contribution in [0.15, 0.2) is 12.4 Å². The number of nitrogens with one attached hydrogen (secondary N) is 2. The van der Waals surface area contributed by atoms with E-state index in [-0.39, 0.29) is 5.91 Å². The Morgan fingerprint density at radius 2 is 2.15 bits per heavy atom. The Kier molecular flexibility index (Phi) is 5.29. The second-order valence-corrected chi connectivity index (χ2v) is 5.65. The van der Waals surface area contributed by atoms with Crippen LogP contribution in [-0.2, 0) is 11.2 Å². The topological polar surface area (TPSA) is 66.9 Å². The Morgan fingerprint density at radius 1 is 1.30 bits per heavy atom. The molecule has 0 aliphatic carbocycles. The number of rotatable bonds is 7. The Bertz CT molecular complexity index is 582. The highest BCUT2D eigenvalue weighted by molar-refractivity contribution is 7.18. The summed E-state index contributed by atoms with van der Waals surface area (Å²) in [5, 5.41) is 7.13. The number of fused-ring (bicyclic) bond motifs is 1. The molecule has 5 nitrogen and oxygen atoms in total. The fraction of sp³-hybridized carbons (Fsp3) is 0.500. The molecule has 6 heteroatoms.